The van der Waals surface area contributed by atoms with Crippen molar-refractivity contribution in [2.75, 3.05) is 14.1 Å². The Morgan fingerprint density at radius 1 is 1.56 bits per heavy atom. The third-order valence-corrected chi connectivity index (χ3v) is 3.75. The minimum Gasteiger partial charge on any atom is -0.391 e. The molecular formula is C12H23N3O. The van der Waals surface area contributed by atoms with Crippen LogP contribution in [-0.4, -0.2) is 45.3 Å². The van der Waals surface area contributed by atoms with Gasteiger partial charge in [0.25, 0.3) is 0 Å². The third-order valence-electron chi connectivity index (χ3n) is 3.75. The Hall–Kier alpha value is -0.870. The molecule has 0 saturated carbocycles. The van der Waals surface area contributed by atoms with E-state index in [-0.39, 0.29) is 5.54 Å². The molecule has 4 heteroatoms. The summed E-state index contributed by atoms with van der Waals surface area (Å²) in [5.74, 6) is 0.925. The standard InChI is InChI=1S/C12H23N3O/c1-6-12(2,14(3)4)10(16)9-11-13-7-8-15(11)5/h7-8,10,16H,6,9H2,1-5H3. The van der Waals surface area contributed by atoms with Crippen molar-refractivity contribution < 1.29 is 5.11 Å². The molecule has 92 valence electrons. The van der Waals surface area contributed by atoms with Crippen molar-refractivity contribution in [1.29, 1.82) is 0 Å². The molecule has 1 N–H and O–H groups in total. The van der Waals surface area contributed by atoms with E-state index in [0.29, 0.717) is 6.42 Å². The topological polar surface area (TPSA) is 41.3 Å². The second-order valence-corrected chi connectivity index (χ2v) is 4.78. The smallest absolute Gasteiger partial charge is 0.111 e. The Bertz CT molecular complexity index is 335. The van der Waals surface area contributed by atoms with Crippen LogP contribution in [0.1, 0.15) is 26.1 Å². The molecule has 0 aliphatic carbocycles. The Morgan fingerprint density at radius 3 is 2.56 bits per heavy atom. The van der Waals surface area contributed by atoms with Crippen LogP contribution in [0.4, 0.5) is 0 Å². The number of aliphatic hydroxyl groups is 1. The summed E-state index contributed by atoms with van der Waals surface area (Å²) in [5, 5.41) is 10.3. The van der Waals surface area contributed by atoms with E-state index in [1.807, 2.05) is 31.9 Å². The molecule has 0 spiro atoms. The second-order valence-electron chi connectivity index (χ2n) is 4.78. The largest absolute Gasteiger partial charge is 0.391 e. The van der Waals surface area contributed by atoms with Gasteiger partial charge in [0, 0.05) is 31.4 Å². The van der Waals surface area contributed by atoms with Gasteiger partial charge in [0.05, 0.1) is 6.10 Å². The molecule has 4 nitrogen and oxygen atoms in total. The molecule has 0 aliphatic heterocycles. The summed E-state index contributed by atoms with van der Waals surface area (Å²) in [6, 6.07) is 0. The molecule has 1 aromatic rings. The fraction of sp³-hybridized carbons (Fsp3) is 0.750. The molecule has 0 aliphatic rings. The number of aliphatic hydroxyl groups excluding tert-OH is 1. The zero-order chi connectivity index (χ0) is 12.3. The van der Waals surface area contributed by atoms with Gasteiger partial charge in [-0.15, -0.1) is 0 Å². The van der Waals surface area contributed by atoms with Crippen molar-refractivity contribution in [1.82, 2.24) is 14.5 Å². The molecule has 0 bridgehead atoms. The lowest BCUT2D eigenvalue weighted by Crippen LogP contribution is -2.51. The average molecular weight is 225 g/mol. The normalized spacial score (nSPS) is 17.4. The van der Waals surface area contributed by atoms with Crippen molar-refractivity contribution in [3.05, 3.63) is 18.2 Å². The number of hydrogen-bond donors (Lipinski definition) is 1. The predicted octanol–water partition coefficient (Wildman–Crippen LogP) is 1.05. The van der Waals surface area contributed by atoms with Crippen molar-refractivity contribution in [3.8, 4) is 0 Å². The maximum Gasteiger partial charge on any atom is 0.111 e. The van der Waals surface area contributed by atoms with Gasteiger partial charge in [0.2, 0.25) is 0 Å². The Kier molecular flexibility index (Phi) is 4.10. The minimum atomic E-state index is -0.409. The minimum absolute atomic E-state index is 0.202. The van der Waals surface area contributed by atoms with Gasteiger partial charge in [-0.3, -0.25) is 0 Å². The first-order valence-corrected chi connectivity index (χ1v) is 5.73. The van der Waals surface area contributed by atoms with Crippen molar-refractivity contribution in [2.24, 2.45) is 7.05 Å². The highest BCUT2D eigenvalue weighted by Crippen LogP contribution is 2.23. The summed E-state index contributed by atoms with van der Waals surface area (Å²) in [4.78, 5) is 6.33. The third kappa shape index (κ3) is 2.44. The summed E-state index contributed by atoms with van der Waals surface area (Å²) >= 11 is 0. The molecule has 1 rings (SSSR count). The Labute approximate surface area is 97.9 Å². The second kappa shape index (κ2) is 4.97. The van der Waals surface area contributed by atoms with Crippen LogP contribution in [0.15, 0.2) is 12.4 Å². The van der Waals surface area contributed by atoms with E-state index < -0.39 is 6.10 Å². The molecule has 0 amide bonds. The Morgan fingerprint density at radius 2 is 2.19 bits per heavy atom. The lowest BCUT2D eigenvalue weighted by atomic mass is 9.88. The van der Waals surface area contributed by atoms with Crippen molar-refractivity contribution in [2.45, 2.75) is 38.3 Å². The zero-order valence-corrected chi connectivity index (χ0v) is 10.9. The van der Waals surface area contributed by atoms with Gasteiger partial charge in [-0.25, -0.2) is 4.98 Å². The first-order valence-electron chi connectivity index (χ1n) is 5.73. The molecule has 0 saturated heterocycles. The van der Waals surface area contributed by atoms with Gasteiger partial charge in [-0.05, 0) is 27.4 Å². The van der Waals surface area contributed by atoms with E-state index in [9.17, 15) is 5.11 Å². The number of hydrogen-bond acceptors (Lipinski definition) is 3. The van der Waals surface area contributed by atoms with E-state index in [4.69, 9.17) is 0 Å². The van der Waals surface area contributed by atoms with Gasteiger partial charge in [0.15, 0.2) is 0 Å². The van der Waals surface area contributed by atoms with Gasteiger partial charge in [-0.2, -0.15) is 0 Å². The van der Waals surface area contributed by atoms with Crippen molar-refractivity contribution in [3.63, 3.8) is 0 Å². The number of aromatic nitrogens is 2. The highest BCUT2D eigenvalue weighted by molar-refractivity contribution is 4.99. The van der Waals surface area contributed by atoms with E-state index in [1.54, 1.807) is 6.20 Å². The maximum absolute atomic E-state index is 10.3. The Balaban J connectivity index is 2.78. The number of likely N-dealkylation sites (N-methyl/N-ethyl adjacent to an activating group) is 1. The van der Waals surface area contributed by atoms with Crippen LogP contribution in [0.3, 0.4) is 0 Å². The summed E-state index contributed by atoms with van der Waals surface area (Å²) < 4.78 is 1.95. The lowest BCUT2D eigenvalue weighted by Gasteiger charge is -2.39. The molecule has 1 aromatic heterocycles. The molecule has 0 aromatic carbocycles. The zero-order valence-electron chi connectivity index (χ0n) is 10.9. The van der Waals surface area contributed by atoms with Crippen LogP contribution < -0.4 is 0 Å². The van der Waals surface area contributed by atoms with Crippen LogP contribution in [0.25, 0.3) is 0 Å². The molecular weight excluding hydrogens is 202 g/mol. The van der Waals surface area contributed by atoms with E-state index in [2.05, 4.69) is 23.7 Å². The van der Waals surface area contributed by atoms with E-state index in [1.165, 1.54) is 0 Å². The molecule has 0 radical (unpaired) electrons. The van der Waals surface area contributed by atoms with Gasteiger partial charge in [-0.1, -0.05) is 6.92 Å². The van der Waals surface area contributed by atoms with Crippen LogP contribution >= 0.6 is 0 Å². The van der Waals surface area contributed by atoms with Gasteiger partial charge in [0.1, 0.15) is 5.82 Å². The fourth-order valence-electron chi connectivity index (χ4n) is 1.84. The van der Waals surface area contributed by atoms with Gasteiger partial charge >= 0.3 is 0 Å². The summed E-state index contributed by atoms with van der Waals surface area (Å²) in [6.07, 6.45) is 4.76. The summed E-state index contributed by atoms with van der Waals surface area (Å²) in [7, 11) is 5.96. The molecule has 2 unspecified atom stereocenters. The van der Waals surface area contributed by atoms with Crippen LogP contribution in [0, 0.1) is 0 Å². The van der Waals surface area contributed by atoms with E-state index >= 15 is 0 Å². The summed E-state index contributed by atoms with van der Waals surface area (Å²) in [5.41, 5.74) is -0.202. The number of rotatable bonds is 5. The monoisotopic (exact) mass is 225 g/mol. The van der Waals surface area contributed by atoms with Crippen molar-refractivity contribution >= 4 is 0 Å². The summed E-state index contributed by atoms with van der Waals surface area (Å²) in [6.45, 7) is 4.18. The first-order chi connectivity index (χ1) is 7.41. The number of imidazole rings is 1. The van der Waals surface area contributed by atoms with Gasteiger partial charge < -0.3 is 14.6 Å². The number of aryl methyl sites for hydroxylation is 1. The fourth-order valence-corrected chi connectivity index (χ4v) is 1.84. The molecule has 16 heavy (non-hydrogen) atoms. The van der Waals surface area contributed by atoms with E-state index in [0.717, 1.165) is 12.2 Å². The highest BCUT2D eigenvalue weighted by atomic mass is 16.3. The molecule has 2 atom stereocenters. The maximum atomic E-state index is 10.3. The highest BCUT2D eigenvalue weighted by Gasteiger charge is 2.34. The quantitative estimate of drug-likeness (QED) is 0.814. The van der Waals surface area contributed by atoms with Crippen LogP contribution in [0.5, 0.6) is 0 Å². The van der Waals surface area contributed by atoms with Crippen LogP contribution in [0.2, 0.25) is 0 Å². The lowest BCUT2D eigenvalue weighted by molar-refractivity contribution is 0.00156. The predicted molar refractivity (Wildman–Crippen MR) is 65.3 cm³/mol. The molecule has 0 fully saturated rings. The molecule has 1 heterocycles. The number of nitrogens with zero attached hydrogens (tertiary/aromatic N) is 3. The van der Waals surface area contributed by atoms with Crippen LogP contribution in [-0.2, 0) is 13.5 Å². The average Bonchev–Trinajstić information content (AvgIpc) is 2.62. The SMILES string of the molecule is CCC(C)(C(O)Cc1nccn1C)N(C)C. The first kappa shape index (κ1) is 13.2.